The Morgan fingerprint density at radius 1 is 0.918 bits per heavy atom. The molecule has 4 saturated heterocycles. The molecule has 2 aromatic carbocycles. The van der Waals surface area contributed by atoms with Crippen molar-refractivity contribution in [2.24, 2.45) is 5.92 Å². The average molecular weight is 1060 g/mol. The Morgan fingerprint density at radius 2 is 1.64 bits per heavy atom. The van der Waals surface area contributed by atoms with Crippen LogP contribution in [0.15, 0.2) is 42.5 Å². The summed E-state index contributed by atoms with van der Waals surface area (Å²) < 4.78 is 43.9. The van der Waals surface area contributed by atoms with E-state index >= 15 is 0 Å². The summed E-state index contributed by atoms with van der Waals surface area (Å²) in [5.74, 6) is 1.38. The van der Waals surface area contributed by atoms with Crippen molar-refractivity contribution in [3.63, 3.8) is 0 Å². The number of hydrogen-bond acceptors (Lipinski definition) is 16. The van der Waals surface area contributed by atoms with Crippen LogP contribution in [-0.4, -0.2) is 190 Å². The Balaban J connectivity index is 0.763. The molecule has 5 aliphatic rings. The number of halogens is 1. The summed E-state index contributed by atoms with van der Waals surface area (Å²) in [6.45, 7) is 11.9. The van der Waals surface area contributed by atoms with Gasteiger partial charge in [-0.05, 0) is 63.6 Å². The molecule has 23 heteroatoms. The van der Waals surface area contributed by atoms with E-state index in [-0.39, 0.29) is 52.7 Å². The van der Waals surface area contributed by atoms with E-state index in [9.17, 15) is 23.6 Å². The molecule has 1 saturated carbocycles. The third kappa shape index (κ3) is 18.0. The van der Waals surface area contributed by atoms with Gasteiger partial charge in [0.1, 0.15) is 29.4 Å². The van der Waals surface area contributed by atoms with E-state index in [1.54, 1.807) is 30.8 Å². The number of carbonyl (C=O) groups excluding carboxylic acids is 4. The third-order valence-corrected chi connectivity index (χ3v) is 16.5. The monoisotopic (exact) mass is 1060 g/mol. The van der Waals surface area contributed by atoms with Gasteiger partial charge in [-0.25, -0.2) is 24.4 Å². The highest BCUT2D eigenvalue weighted by atomic mass is 32.2. The minimum absolute atomic E-state index is 0.0171. The molecule has 5 fully saturated rings. The number of methoxy groups -OCH3 is 1. The number of hydrazine groups is 2. The van der Waals surface area contributed by atoms with Crippen LogP contribution in [0.3, 0.4) is 0 Å². The van der Waals surface area contributed by atoms with Gasteiger partial charge in [0.15, 0.2) is 0 Å². The van der Waals surface area contributed by atoms with Crippen LogP contribution in [0.2, 0.25) is 0 Å². The molecule has 0 spiro atoms. The van der Waals surface area contributed by atoms with Crippen molar-refractivity contribution in [2.75, 3.05) is 117 Å². The molecule has 0 bridgehead atoms. The lowest BCUT2D eigenvalue weighted by atomic mass is 9.96. The Hall–Kier alpha value is -4.17. The second-order valence-corrected chi connectivity index (χ2v) is 21.9. The lowest BCUT2D eigenvalue weighted by Crippen LogP contribution is -2.53. The predicted molar refractivity (Wildman–Crippen MR) is 281 cm³/mol. The highest BCUT2D eigenvalue weighted by molar-refractivity contribution is 8.01. The van der Waals surface area contributed by atoms with E-state index in [1.807, 2.05) is 36.1 Å². The number of nitrogens with one attached hydrogen (secondary N) is 7. The number of benzene rings is 2. The van der Waals surface area contributed by atoms with E-state index in [2.05, 4.69) is 59.4 Å². The number of carbonyl (C=O) groups is 4. The summed E-state index contributed by atoms with van der Waals surface area (Å²) in [5, 5.41) is 21.7. The number of hydrogen-bond donors (Lipinski definition) is 7. The van der Waals surface area contributed by atoms with E-state index < -0.39 is 17.1 Å². The molecule has 20 nitrogen and oxygen atoms in total. The fourth-order valence-electron chi connectivity index (χ4n) is 9.43. The zero-order chi connectivity index (χ0) is 51.5. The molecule has 7 rings (SSSR count). The van der Waals surface area contributed by atoms with Gasteiger partial charge < -0.3 is 60.1 Å². The van der Waals surface area contributed by atoms with Gasteiger partial charge in [-0.2, -0.15) is 5.12 Å². The molecule has 0 aromatic heterocycles. The molecular formula is C50H78FN11O9S2. The summed E-state index contributed by atoms with van der Waals surface area (Å²) >= 11 is 2.97. The first kappa shape index (κ1) is 56.6. The van der Waals surface area contributed by atoms with Crippen molar-refractivity contribution < 1.29 is 47.3 Å². The van der Waals surface area contributed by atoms with Gasteiger partial charge in [0.2, 0.25) is 11.8 Å². The van der Waals surface area contributed by atoms with Crippen LogP contribution >= 0.6 is 23.5 Å². The molecular weight excluding hydrogens is 982 g/mol. The summed E-state index contributed by atoms with van der Waals surface area (Å²) in [6, 6.07) is 11.3. The Morgan fingerprint density at radius 3 is 2.38 bits per heavy atom. The van der Waals surface area contributed by atoms with Crippen molar-refractivity contribution in [3.8, 4) is 11.5 Å². The van der Waals surface area contributed by atoms with Crippen molar-refractivity contribution >= 4 is 53.1 Å². The molecule has 2 aromatic rings. The van der Waals surface area contributed by atoms with E-state index in [1.165, 1.54) is 44.2 Å². The van der Waals surface area contributed by atoms with Crippen LogP contribution < -0.4 is 46.8 Å². The molecule has 7 N–H and O–H groups in total. The number of piperazine rings is 1. The van der Waals surface area contributed by atoms with Gasteiger partial charge in [-0.15, -0.1) is 23.5 Å². The highest BCUT2D eigenvalue weighted by Crippen LogP contribution is 2.29. The average Bonchev–Trinajstić information content (AvgIpc) is 4.01. The second-order valence-electron chi connectivity index (χ2n) is 19.4. The molecule has 5 unspecified atom stereocenters. The molecule has 4 heterocycles. The fraction of sp³-hybridized carbons (Fsp3) is 0.680. The van der Waals surface area contributed by atoms with Crippen LogP contribution in [0.4, 0.5) is 19.7 Å². The Bertz CT molecular complexity index is 2060. The first-order chi connectivity index (χ1) is 35.4. The summed E-state index contributed by atoms with van der Waals surface area (Å²) in [6.07, 6.45) is 6.76. The van der Waals surface area contributed by atoms with Crippen molar-refractivity contribution in [2.45, 2.75) is 99.1 Å². The van der Waals surface area contributed by atoms with Gasteiger partial charge >= 0.3 is 12.1 Å². The van der Waals surface area contributed by atoms with Crippen LogP contribution in [0.1, 0.15) is 70.4 Å². The molecule has 7 atom stereocenters. The standard InChI is InChI=1S/C50H78FN11O9S2/c1-34-30-52-48(65)56-47(34)73-44(46(64)53-35(2)42-15-14-41(67-4)29-43(42)51)16-22-68-24-25-69-26-27-70-32-38-31-61(62(58-38)39-8-6-5-7-9-39)21-23-71-40-12-10-36(11-13-40)54-49(66)57-50-55-37(33-72-50)28-45(63)60-19-17-59(3)18-20-60/h10-15,29,34-35,37-39,44,47,50,55,58H,5-9,16-28,30-33H2,1-4H3,(H,53,64)(H2,52,56,65)(H2,54,57,66)/t34?,35-,37?,38?,44+,47?,50?/m1/s1. The normalized spacial score (nSPS) is 24.1. The molecule has 406 valence electrons. The van der Waals surface area contributed by atoms with Crippen LogP contribution in [0.5, 0.6) is 11.5 Å². The first-order valence-electron chi connectivity index (χ1n) is 25.9. The number of nitrogens with zero attached hydrogens (tertiary/aromatic N) is 4. The largest absolute Gasteiger partial charge is 0.497 e. The van der Waals surface area contributed by atoms with Crippen LogP contribution in [0, 0.1) is 11.7 Å². The van der Waals surface area contributed by atoms with Gasteiger partial charge in [0.05, 0.1) is 62.9 Å². The lowest BCUT2D eigenvalue weighted by molar-refractivity contribution is -0.133. The second kappa shape index (κ2) is 29.2. The number of amides is 6. The van der Waals surface area contributed by atoms with Gasteiger partial charge in [0, 0.05) is 99.9 Å². The molecule has 73 heavy (non-hydrogen) atoms. The maximum atomic E-state index is 14.8. The minimum Gasteiger partial charge on any atom is -0.497 e. The maximum Gasteiger partial charge on any atom is 0.321 e. The molecule has 1 aliphatic carbocycles. The summed E-state index contributed by atoms with van der Waals surface area (Å²) in [5.41, 5.74) is 4.43. The third-order valence-electron chi connectivity index (χ3n) is 13.7. The van der Waals surface area contributed by atoms with E-state index in [0.29, 0.717) is 101 Å². The van der Waals surface area contributed by atoms with Crippen LogP contribution in [0.25, 0.3) is 0 Å². The molecule has 6 amide bonds. The number of anilines is 1. The highest BCUT2D eigenvalue weighted by Gasteiger charge is 2.36. The van der Waals surface area contributed by atoms with Gasteiger partial charge in [-0.1, -0.05) is 32.3 Å². The van der Waals surface area contributed by atoms with E-state index in [4.69, 9.17) is 23.7 Å². The van der Waals surface area contributed by atoms with Crippen molar-refractivity contribution in [3.05, 3.63) is 53.8 Å². The number of rotatable bonds is 26. The van der Waals surface area contributed by atoms with Gasteiger partial charge in [0.25, 0.3) is 0 Å². The Labute approximate surface area is 438 Å². The predicted octanol–water partition coefficient (Wildman–Crippen LogP) is 3.92. The summed E-state index contributed by atoms with van der Waals surface area (Å²) in [4.78, 5) is 55.5. The van der Waals surface area contributed by atoms with E-state index in [0.717, 1.165) is 51.3 Å². The Kier molecular flexibility index (Phi) is 22.6. The number of thioether (sulfide) groups is 2. The smallest absolute Gasteiger partial charge is 0.321 e. The summed E-state index contributed by atoms with van der Waals surface area (Å²) in [7, 11) is 3.54. The first-order valence-corrected chi connectivity index (χ1v) is 27.9. The van der Waals surface area contributed by atoms with Crippen LogP contribution in [-0.2, 0) is 23.8 Å². The maximum absolute atomic E-state index is 14.8. The number of ether oxygens (including phenoxy) is 5. The molecule has 0 radical (unpaired) electrons. The quantitative estimate of drug-likeness (QED) is 0.0666. The number of urea groups is 2. The zero-order valence-electron chi connectivity index (χ0n) is 42.9. The SMILES string of the molecule is COc1ccc([C@@H](C)NC(=O)[C@H](CCOCCOCCOCC2CN(CCOc3ccc(NC(=O)NC4NC(CC(=O)N5CCN(C)CC5)CS4)cc3)N(C3CCCCC3)N2)SC2NC(=O)NCC2C)c(F)c1. The van der Waals surface area contributed by atoms with Gasteiger partial charge in [-0.3, -0.25) is 14.9 Å². The van der Waals surface area contributed by atoms with Crippen molar-refractivity contribution in [1.29, 1.82) is 0 Å². The topological polar surface area (TPSA) is 212 Å². The fourth-order valence-corrected chi connectivity index (χ4v) is 11.9. The minimum atomic E-state index is -0.589. The molecule has 4 aliphatic heterocycles. The van der Waals surface area contributed by atoms with Crippen molar-refractivity contribution in [1.82, 2.24) is 51.9 Å². The number of likely N-dealkylation sites (N-methyl/N-ethyl adjacent to an activating group) is 1. The zero-order valence-corrected chi connectivity index (χ0v) is 44.5. The lowest BCUT2D eigenvalue weighted by Gasteiger charge is -2.36.